The number of benzene rings is 1. The standard InChI is InChI=1S/C15H14ClN5O3S2/c1-24-12(22)10-9(6-25-15-21-20-13(17)26-15)18-14(23)19-11(10)7-2-4-8(16)5-3-7/h2-5,11H,6H2,1H3,(H2,17,20)(H2,18,19,23)/t11-/m0/s1. The maximum atomic E-state index is 12.4. The number of ether oxygens (including phenoxy) is 1. The normalized spacial score (nSPS) is 16.8. The molecule has 2 heterocycles. The number of hydrogen-bond donors (Lipinski definition) is 3. The predicted molar refractivity (Wildman–Crippen MR) is 99.9 cm³/mol. The summed E-state index contributed by atoms with van der Waals surface area (Å²) in [4.78, 5) is 24.5. The monoisotopic (exact) mass is 411 g/mol. The summed E-state index contributed by atoms with van der Waals surface area (Å²) in [5.41, 5.74) is 7.05. The van der Waals surface area contributed by atoms with Gasteiger partial charge >= 0.3 is 12.0 Å². The zero-order valence-electron chi connectivity index (χ0n) is 13.5. The van der Waals surface area contributed by atoms with Crippen molar-refractivity contribution in [3.05, 3.63) is 46.1 Å². The molecule has 8 nitrogen and oxygen atoms in total. The second-order valence-corrected chi connectivity index (χ2v) is 7.83. The van der Waals surface area contributed by atoms with Crippen LogP contribution in [-0.4, -0.2) is 35.1 Å². The molecule has 11 heteroatoms. The van der Waals surface area contributed by atoms with Crippen molar-refractivity contribution >= 4 is 51.8 Å². The number of halogens is 1. The molecule has 4 N–H and O–H groups in total. The third-order valence-electron chi connectivity index (χ3n) is 3.52. The Kier molecular flexibility index (Phi) is 5.64. The first-order chi connectivity index (χ1) is 12.5. The van der Waals surface area contributed by atoms with Gasteiger partial charge in [0, 0.05) is 16.5 Å². The highest BCUT2D eigenvalue weighted by Gasteiger charge is 2.33. The van der Waals surface area contributed by atoms with Crippen molar-refractivity contribution in [2.24, 2.45) is 0 Å². The number of thioether (sulfide) groups is 1. The topological polar surface area (TPSA) is 119 Å². The molecule has 26 heavy (non-hydrogen) atoms. The van der Waals surface area contributed by atoms with Gasteiger partial charge in [0.2, 0.25) is 5.13 Å². The molecule has 1 aliphatic heterocycles. The van der Waals surface area contributed by atoms with E-state index < -0.39 is 18.0 Å². The molecule has 136 valence electrons. The minimum atomic E-state index is -0.649. The summed E-state index contributed by atoms with van der Waals surface area (Å²) in [6, 6.07) is 5.82. The molecule has 2 aromatic rings. The number of rotatable bonds is 5. The van der Waals surface area contributed by atoms with Crippen LogP contribution in [0.25, 0.3) is 0 Å². The molecule has 1 aliphatic rings. The van der Waals surface area contributed by atoms with Crippen molar-refractivity contribution < 1.29 is 14.3 Å². The fourth-order valence-electron chi connectivity index (χ4n) is 2.40. The lowest BCUT2D eigenvalue weighted by Crippen LogP contribution is -2.46. The van der Waals surface area contributed by atoms with E-state index in [2.05, 4.69) is 20.8 Å². The highest BCUT2D eigenvalue weighted by molar-refractivity contribution is 8.01. The van der Waals surface area contributed by atoms with Gasteiger partial charge in [-0.1, -0.05) is 46.8 Å². The molecule has 2 amide bonds. The van der Waals surface area contributed by atoms with E-state index >= 15 is 0 Å². The van der Waals surface area contributed by atoms with Gasteiger partial charge in [-0.15, -0.1) is 10.2 Å². The van der Waals surface area contributed by atoms with Crippen LogP contribution < -0.4 is 16.4 Å². The first-order valence-corrected chi connectivity index (χ1v) is 9.52. The number of aromatic nitrogens is 2. The molecule has 0 saturated carbocycles. The van der Waals surface area contributed by atoms with E-state index in [1.54, 1.807) is 24.3 Å². The zero-order chi connectivity index (χ0) is 18.7. The number of amides is 2. The molecule has 0 radical (unpaired) electrons. The lowest BCUT2D eigenvalue weighted by atomic mass is 9.95. The fraction of sp³-hybridized carbons (Fsp3) is 0.200. The number of esters is 1. The van der Waals surface area contributed by atoms with Gasteiger partial charge in [0.05, 0.1) is 18.7 Å². The van der Waals surface area contributed by atoms with Gasteiger partial charge in [-0.25, -0.2) is 9.59 Å². The number of nitrogens with one attached hydrogen (secondary N) is 2. The van der Waals surface area contributed by atoms with Crippen molar-refractivity contribution in [1.82, 2.24) is 20.8 Å². The van der Waals surface area contributed by atoms with E-state index in [4.69, 9.17) is 22.1 Å². The van der Waals surface area contributed by atoms with Gasteiger partial charge in [-0.2, -0.15) is 0 Å². The molecule has 0 unspecified atom stereocenters. The summed E-state index contributed by atoms with van der Waals surface area (Å²) in [6.45, 7) is 0. The van der Waals surface area contributed by atoms with Crippen molar-refractivity contribution in [2.45, 2.75) is 10.4 Å². The first-order valence-electron chi connectivity index (χ1n) is 7.34. The molecular formula is C15H14ClN5O3S2. The molecule has 0 aliphatic carbocycles. The van der Waals surface area contributed by atoms with Crippen LogP contribution in [0.5, 0.6) is 0 Å². The number of methoxy groups -OCH3 is 1. The second kappa shape index (κ2) is 7.94. The maximum absolute atomic E-state index is 12.4. The number of nitrogens with zero attached hydrogens (tertiary/aromatic N) is 2. The van der Waals surface area contributed by atoms with E-state index in [1.165, 1.54) is 30.2 Å². The van der Waals surface area contributed by atoms with Gasteiger partial charge < -0.3 is 21.1 Å². The third kappa shape index (κ3) is 4.09. The molecule has 0 fully saturated rings. The molecule has 0 saturated heterocycles. The SMILES string of the molecule is COC(=O)C1=C(CSc2nnc(N)s2)NC(=O)N[C@H]1c1ccc(Cl)cc1. The van der Waals surface area contributed by atoms with Crippen molar-refractivity contribution in [3.8, 4) is 0 Å². The molecule has 0 spiro atoms. The Hall–Kier alpha value is -2.30. The molecule has 1 atom stereocenters. The van der Waals surface area contributed by atoms with Crippen LogP contribution in [-0.2, 0) is 9.53 Å². The number of hydrogen-bond acceptors (Lipinski definition) is 8. The number of nitrogens with two attached hydrogens (primary N) is 1. The summed E-state index contributed by atoms with van der Waals surface area (Å²) in [5, 5.41) is 14.0. The van der Waals surface area contributed by atoms with Crippen molar-refractivity contribution in [1.29, 1.82) is 0 Å². The first kappa shape index (κ1) is 18.5. The Morgan fingerprint density at radius 2 is 2.12 bits per heavy atom. The third-order valence-corrected chi connectivity index (χ3v) is 5.69. The molecule has 1 aromatic carbocycles. The molecule has 1 aromatic heterocycles. The highest BCUT2D eigenvalue weighted by Crippen LogP contribution is 2.32. The van der Waals surface area contributed by atoms with E-state index in [1.807, 2.05) is 0 Å². The quantitative estimate of drug-likeness (QED) is 0.510. The van der Waals surface area contributed by atoms with E-state index in [0.717, 1.165) is 0 Å². The molecular weight excluding hydrogens is 398 g/mol. The predicted octanol–water partition coefficient (Wildman–Crippen LogP) is 2.35. The van der Waals surface area contributed by atoms with Crippen LogP contribution in [0.2, 0.25) is 5.02 Å². The van der Waals surface area contributed by atoms with Crippen LogP contribution in [0.1, 0.15) is 11.6 Å². The van der Waals surface area contributed by atoms with Crippen LogP contribution in [0.3, 0.4) is 0 Å². The van der Waals surface area contributed by atoms with Crippen LogP contribution in [0, 0.1) is 0 Å². The number of anilines is 1. The number of nitrogen functional groups attached to an aromatic ring is 1. The van der Waals surface area contributed by atoms with Gasteiger partial charge in [0.15, 0.2) is 4.34 Å². The minimum Gasteiger partial charge on any atom is -0.466 e. The second-order valence-electron chi connectivity index (χ2n) is 5.16. The van der Waals surface area contributed by atoms with E-state index in [9.17, 15) is 9.59 Å². The van der Waals surface area contributed by atoms with Crippen molar-refractivity contribution in [3.63, 3.8) is 0 Å². The van der Waals surface area contributed by atoms with E-state index in [-0.39, 0.29) is 0 Å². The van der Waals surface area contributed by atoms with Gasteiger partial charge in [-0.05, 0) is 17.7 Å². The fourth-order valence-corrected chi connectivity index (χ4v) is 4.13. The Bertz CT molecular complexity index is 868. The zero-order valence-corrected chi connectivity index (χ0v) is 15.9. The summed E-state index contributed by atoms with van der Waals surface area (Å²) in [6.07, 6.45) is 0. The van der Waals surface area contributed by atoms with Crippen LogP contribution in [0.15, 0.2) is 39.9 Å². The number of carbonyl (C=O) groups is 2. The van der Waals surface area contributed by atoms with E-state index in [0.29, 0.717) is 37.1 Å². The largest absolute Gasteiger partial charge is 0.466 e. The molecule has 3 rings (SSSR count). The maximum Gasteiger partial charge on any atom is 0.338 e. The average Bonchev–Trinajstić information content (AvgIpc) is 3.05. The Morgan fingerprint density at radius 3 is 2.73 bits per heavy atom. The molecule has 0 bridgehead atoms. The number of urea groups is 1. The average molecular weight is 412 g/mol. The van der Waals surface area contributed by atoms with Crippen LogP contribution >= 0.6 is 34.7 Å². The van der Waals surface area contributed by atoms with Gasteiger partial charge in [0.25, 0.3) is 0 Å². The Labute approximate surface area is 162 Å². The highest BCUT2D eigenvalue weighted by atomic mass is 35.5. The van der Waals surface area contributed by atoms with Crippen LogP contribution in [0.4, 0.5) is 9.93 Å². The summed E-state index contributed by atoms with van der Waals surface area (Å²) < 4.78 is 5.55. The lowest BCUT2D eigenvalue weighted by Gasteiger charge is -2.29. The Balaban J connectivity index is 1.95. The van der Waals surface area contributed by atoms with Gasteiger partial charge in [0.1, 0.15) is 0 Å². The summed E-state index contributed by atoms with van der Waals surface area (Å²) in [7, 11) is 1.29. The Morgan fingerprint density at radius 1 is 1.38 bits per heavy atom. The number of carbonyl (C=O) groups excluding carboxylic acids is 2. The summed E-state index contributed by atoms with van der Waals surface area (Å²) in [5.74, 6) is -0.235. The van der Waals surface area contributed by atoms with Crippen molar-refractivity contribution in [2.75, 3.05) is 18.6 Å². The summed E-state index contributed by atoms with van der Waals surface area (Å²) >= 11 is 8.47. The lowest BCUT2D eigenvalue weighted by molar-refractivity contribution is -0.136. The minimum absolute atomic E-state index is 0.302. The smallest absolute Gasteiger partial charge is 0.338 e. The van der Waals surface area contributed by atoms with Gasteiger partial charge in [-0.3, -0.25) is 0 Å².